The summed E-state index contributed by atoms with van der Waals surface area (Å²) in [7, 11) is 0. The van der Waals surface area contributed by atoms with Gasteiger partial charge in [-0.2, -0.15) is 5.10 Å². The van der Waals surface area contributed by atoms with Crippen molar-refractivity contribution in [2.24, 2.45) is 0 Å². The van der Waals surface area contributed by atoms with Crippen LogP contribution in [0.2, 0.25) is 0 Å². The Kier molecular flexibility index (Phi) is 3.61. The molecule has 0 aliphatic carbocycles. The summed E-state index contributed by atoms with van der Waals surface area (Å²) in [4.78, 5) is 29.2. The largest absolute Gasteiger partial charge is 0.334 e. The number of hydrogen-bond acceptors (Lipinski definition) is 4. The summed E-state index contributed by atoms with van der Waals surface area (Å²) in [5.41, 5.74) is 0.0960. The molecule has 0 spiro atoms. The van der Waals surface area contributed by atoms with Gasteiger partial charge in [0.15, 0.2) is 5.69 Å². The van der Waals surface area contributed by atoms with E-state index in [-0.39, 0.29) is 11.5 Å². The van der Waals surface area contributed by atoms with E-state index in [1.807, 2.05) is 11.0 Å². The molecule has 1 N–H and O–H groups in total. The Balaban J connectivity index is 1.65. The van der Waals surface area contributed by atoms with E-state index < -0.39 is 0 Å². The number of piperidine rings is 1. The Morgan fingerprint density at radius 1 is 1.13 bits per heavy atom. The van der Waals surface area contributed by atoms with Gasteiger partial charge in [-0.25, -0.2) is 5.10 Å². The van der Waals surface area contributed by atoms with Crippen LogP contribution in [0, 0.1) is 0 Å². The molecule has 23 heavy (non-hydrogen) atoms. The number of benzene rings is 1. The molecule has 1 aromatic carbocycles. The summed E-state index contributed by atoms with van der Waals surface area (Å²) < 4.78 is 0. The monoisotopic (exact) mass is 312 g/mol. The maximum atomic E-state index is 12.9. The molecule has 0 radical (unpaired) electrons. The number of piperazine rings is 1. The SMILES string of the molecule is O=C(c1n[nH]c(=O)c2ccccc12)N1CCN2CCCC[C@@H]2C1. The van der Waals surface area contributed by atoms with Gasteiger partial charge in [-0.3, -0.25) is 14.5 Å². The van der Waals surface area contributed by atoms with Crippen LogP contribution in [0.5, 0.6) is 0 Å². The minimum atomic E-state index is -0.255. The topological polar surface area (TPSA) is 69.3 Å². The van der Waals surface area contributed by atoms with Crippen molar-refractivity contribution in [3.05, 3.63) is 40.3 Å². The van der Waals surface area contributed by atoms with Crippen LogP contribution in [0.1, 0.15) is 29.8 Å². The maximum absolute atomic E-state index is 12.9. The van der Waals surface area contributed by atoms with Gasteiger partial charge in [0.1, 0.15) is 0 Å². The minimum Gasteiger partial charge on any atom is -0.334 e. The van der Waals surface area contributed by atoms with Gasteiger partial charge < -0.3 is 4.90 Å². The van der Waals surface area contributed by atoms with Crippen LogP contribution in [0.15, 0.2) is 29.1 Å². The second kappa shape index (κ2) is 5.77. The number of rotatable bonds is 1. The van der Waals surface area contributed by atoms with Crippen molar-refractivity contribution < 1.29 is 4.79 Å². The number of hydrogen-bond donors (Lipinski definition) is 1. The van der Waals surface area contributed by atoms with Crippen molar-refractivity contribution in [3.8, 4) is 0 Å². The highest BCUT2D eigenvalue weighted by Crippen LogP contribution is 2.23. The van der Waals surface area contributed by atoms with Gasteiger partial charge in [-0.1, -0.05) is 24.6 Å². The van der Waals surface area contributed by atoms with Crippen molar-refractivity contribution in [2.45, 2.75) is 25.3 Å². The lowest BCUT2D eigenvalue weighted by Crippen LogP contribution is -2.56. The Bertz CT molecular complexity index is 801. The number of aromatic amines is 1. The number of nitrogens with zero attached hydrogens (tertiary/aromatic N) is 3. The highest BCUT2D eigenvalue weighted by Gasteiger charge is 2.32. The van der Waals surface area contributed by atoms with E-state index in [1.165, 1.54) is 12.8 Å². The van der Waals surface area contributed by atoms with Crippen LogP contribution >= 0.6 is 0 Å². The summed E-state index contributed by atoms with van der Waals surface area (Å²) in [6.45, 7) is 3.56. The lowest BCUT2D eigenvalue weighted by molar-refractivity contribution is 0.0369. The molecule has 6 nitrogen and oxygen atoms in total. The van der Waals surface area contributed by atoms with E-state index in [2.05, 4.69) is 15.1 Å². The molecule has 1 atom stereocenters. The Labute approximate surface area is 134 Å². The van der Waals surface area contributed by atoms with Crippen molar-refractivity contribution >= 4 is 16.7 Å². The molecule has 6 heteroatoms. The predicted octanol–water partition coefficient (Wildman–Crippen LogP) is 1.23. The third-order valence-corrected chi connectivity index (χ3v) is 5.02. The minimum absolute atomic E-state index is 0.0809. The van der Waals surface area contributed by atoms with Crippen LogP contribution in [0.3, 0.4) is 0 Å². The van der Waals surface area contributed by atoms with Gasteiger partial charge >= 0.3 is 0 Å². The number of carbonyl (C=O) groups is 1. The first-order valence-electron chi connectivity index (χ1n) is 8.25. The molecule has 2 aliphatic rings. The lowest BCUT2D eigenvalue weighted by Gasteiger charge is -2.43. The molecule has 2 fully saturated rings. The van der Waals surface area contributed by atoms with Crippen molar-refractivity contribution in [3.63, 3.8) is 0 Å². The highest BCUT2D eigenvalue weighted by molar-refractivity contribution is 6.04. The zero-order chi connectivity index (χ0) is 15.8. The van der Waals surface area contributed by atoms with Crippen LogP contribution in [-0.4, -0.2) is 58.1 Å². The third kappa shape index (κ3) is 2.53. The standard InChI is InChI=1S/C17H20N4O2/c22-16-14-7-2-1-6-13(14)15(18-19-16)17(23)21-10-9-20-8-4-3-5-12(20)11-21/h1-2,6-7,12H,3-5,8-11H2,(H,19,22)/t12-/m1/s1. The molecule has 1 aromatic heterocycles. The number of amides is 1. The van der Waals surface area contributed by atoms with Gasteiger partial charge in [0.2, 0.25) is 0 Å². The summed E-state index contributed by atoms with van der Waals surface area (Å²) in [5, 5.41) is 7.65. The fourth-order valence-corrected chi connectivity index (χ4v) is 3.77. The summed E-state index contributed by atoms with van der Waals surface area (Å²) in [6, 6.07) is 7.62. The zero-order valence-corrected chi connectivity index (χ0v) is 13.0. The molecular formula is C17H20N4O2. The second-order valence-corrected chi connectivity index (χ2v) is 6.38. The second-order valence-electron chi connectivity index (χ2n) is 6.38. The first kappa shape index (κ1) is 14.4. The van der Waals surface area contributed by atoms with E-state index in [0.717, 1.165) is 32.6 Å². The lowest BCUT2D eigenvalue weighted by atomic mass is 9.99. The van der Waals surface area contributed by atoms with Crippen molar-refractivity contribution in [2.75, 3.05) is 26.2 Å². The molecule has 2 aliphatic heterocycles. The number of aromatic nitrogens is 2. The van der Waals surface area contributed by atoms with Crippen LogP contribution in [0.25, 0.3) is 10.8 Å². The third-order valence-electron chi connectivity index (χ3n) is 5.02. The van der Waals surface area contributed by atoms with E-state index >= 15 is 0 Å². The van der Waals surface area contributed by atoms with Gasteiger partial charge in [0.25, 0.3) is 11.5 Å². The van der Waals surface area contributed by atoms with E-state index in [9.17, 15) is 9.59 Å². The number of H-pyrrole nitrogens is 1. The Hall–Kier alpha value is -2.21. The zero-order valence-electron chi connectivity index (χ0n) is 13.0. The molecule has 120 valence electrons. The Morgan fingerprint density at radius 2 is 1.96 bits per heavy atom. The molecule has 0 unspecified atom stereocenters. The smallest absolute Gasteiger partial charge is 0.275 e. The molecule has 4 rings (SSSR count). The number of carbonyl (C=O) groups excluding carboxylic acids is 1. The molecule has 0 bridgehead atoms. The van der Waals surface area contributed by atoms with Gasteiger partial charge in [-0.05, 0) is 25.5 Å². The maximum Gasteiger partial charge on any atom is 0.275 e. The average Bonchev–Trinajstić information content (AvgIpc) is 2.61. The first-order valence-corrected chi connectivity index (χ1v) is 8.25. The quantitative estimate of drug-likeness (QED) is 0.860. The van der Waals surface area contributed by atoms with Crippen molar-refractivity contribution in [1.82, 2.24) is 20.0 Å². The van der Waals surface area contributed by atoms with Gasteiger partial charge in [-0.15, -0.1) is 0 Å². The molecule has 0 saturated carbocycles. The average molecular weight is 312 g/mol. The molecule has 2 saturated heterocycles. The van der Waals surface area contributed by atoms with E-state index in [1.54, 1.807) is 18.2 Å². The molecule has 3 heterocycles. The van der Waals surface area contributed by atoms with E-state index in [4.69, 9.17) is 0 Å². The molecule has 2 aromatic rings. The van der Waals surface area contributed by atoms with Gasteiger partial charge in [0, 0.05) is 31.1 Å². The molecule has 1 amide bonds. The normalized spacial score (nSPS) is 22.1. The fraction of sp³-hybridized carbons (Fsp3) is 0.471. The van der Waals surface area contributed by atoms with Crippen LogP contribution in [-0.2, 0) is 0 Å². The summed E-state index contributed by atoms with van der Waals surface area (Å²) >= 11 is 0. The summed E-state index contributed by atoms with van der Waals surface area (Å²) in [6.07, 6.45) is 3.66. The molecular weight excluding hydrogens is 292 g/mol. The summed E-state index contributed by atoms with van der Waals surface area (Å²) in [5.74, 6) is -0.0809. The predicted molar refractivity (Wildman–Crippen MR) is 87.5 cm³/mol. The number of nitrogens with one attached hydrogen (secondary N) is 1. The van der Waals surface area contributed by atoms with Crippen LogP contribution < -0.4 is 5.56 Å². The number of fused-ring (bicyclic) bond motifs is 2. The van der Waals surface area contributed by atoms with E-state index in [0.29, 0.717) is 22.5 Å². The first-order chi connectivity index (χ1) is 11.2. The van der Waals surface area contributed by atoms with Gasteiger partial charge in [0.05, 0.1) is 5.39 Å². The van der Waals surface area contributed by atoms with Crippen molar-refractivity contribution in [1.29, 1.82) is 0 Å². The highest BCUT2D eigenvalue weighted by atomic mass is 16.2. The Morgan fingerprint density at radius 3 is 2.83 bits per heavy atom. The fourth-order valence-electron chi connectivity index (χ4n) is 3.77. The van der Waals surface area contributed by atoms with Crippen LogP contribution in [0.4, 0.5) is 0 Å².